The van der Waals surface area contributed by atoms with Crippen molar-refractivity contribution in [2.75, 3.05) is 26.2 Å². The zero-order valence-electron chi connectivity index (χ0n) is 18.7. The fourth-order valence-electron chi connectivity index (χ4n) is 3.73. The van der Waals surface area contributed by atoms with Crippen LogP contribution >= 0.6 is 23.2 Å². The Hall–Kier alpha value is -2.73. The summed E-state index contributed by atoms with van der Waals surface area (Å²) in [6.45, 7) is 4.43. The lowest BCUT2D eigenvalue weighted by Gasteiger charge is -2.42. The summed E-state index contributed by atoms with van der Waals surface area (Å²) in [5.74, 6) is -2.83. The van der Waals surface area contributed by atoms with Gasteiger partial charge in [-0.25, -0.2) is 4.90 Å². The summed E-state index contributed by atoms with van der Waals surface area (Å²) in [7, 11) is 0. The summed E-state index contributed by atoms with van der Waals surface area (Å²) in [6.07, 6.45) is -1.66. The lowest BCUT2D eigenvalue weighted by Crippen LogP contribution is -2.64. The summed E-state index contributed by atoms with van der Waals surface area (Å²) in [5, 5.41) is 2.69. The number of esters is 1. The second-order valence-corrected chi connectivity index (χ2v) is 8.87. The van der Waals surface area contributed by atoms with Crippen LogP contribution in [0.5, 0.6) is 5.75 Å². The second-order valence-electron chi connectivity index (χ2n) is 8.03. The van der Waals surface area contributed by atoms with Gasteiger partial charge in [-0.2, -0.15) is 0 Å². The van der Waals surface area contributed by atoms with Gasteiger partial charge in [-0.3, -0.25) is 39.1 Å². The lowest BCUT2D eigenvalue weighted by molar-refractivity contribution is -0.202. The number of halogens is 2. The number of piperazine rings is 2. The van der Waals surface area contributed by atoms with Gasteiger partial charge in [0.05, 0.1) is 31.2 Å². The molecule has 0 radical (unpaired) electrons. The van der Waals surface area contributed by atoms with Gasteiger partial charge >= 0.3 is 12.4 Å². The van der Waals surface area contributed by atoms with E-state index in [2.05, 4.69) is 5.32 Å². The molecular formula is C21H24Cl2N4O7. The van der Waals surface area contributed by atoms with Gasteiger partial charge in [0.15, 0.2) is 0 Å². The highest BCUT2D eigenvalue weighted by Gasteiger charge is 2.42. The molecule has 3 atom stereocenters. The molecule has 0 spiro atoms. The number of hydrogen-bond acceptors (Lipinski definition) is 9. The van der Waals surface area contributed by atoms with Gasteiger partial charge in [0.1, 0.15) is 5.75 Å². The maximum atomic E-state index is 13.0. The highest BCUT2D eigenvalue weighted by atomic mass is 35.5. The Bertz CT molecular complexity index is 987. The van der Waals surface area contributed by atoms with Gasteiger partial charge in [-0.05, 0) is 32.0 Å². The van der Waals surface area contributed by atoms with Gasteiger partial charge in [-0.15, -0.1) is 0 Å². The molecule has 2 aliphatic rings. The molecule has 2 heterocycles. The topological polar surface area (TPSA) is 126 Å². The fourth-order valence-corrected chi connectivity index (χ4v) is 4.18. The molecule has 0 saturated carbocycles. The van der Waals surface area contributed by atoms with Crippen molar-refractivity contribution in [1.82, 2.24) is 20.0 Å². The normalized spacial score (nSPS) is 20.6. The maximum absolute atomic E-state index is 13.0. The molecule has 2 aliphatic heterocycles. The zero-order chi connectivity index (χ0) is 25.2. The summed E-state index contributed by atoms with van der Waals surface area (Å²) >= 11 is 12.0. The molecule has 3 unspecified atom stereocenters. The molecule has 0 aliphatic carbocycles. The Morgan fingerprint density at radius 2 is 1.47 bits per heavy atom. The van der Waals surface area contributed by atoms with Crippen LogP contribution in [-0.2, 0) is 28.7 Å². The highest BCUT2D eigenvalue weighted by Crippen LogP contribution is 2.29. The van der Waals surface area contributed by atoms with Crippen LogP contribution < -0.4 is 10.1 Å². The van der Waals surface area contributed by atoms with E-state index in [1.807, 2.05) is 6.92 Å². The fraction of sp³-hybridized carbons (Fsp3) is 0.476. The molecule has 1 N–H and O–H groups in total. The smallest absolute Gasteiger partial charge is 0.338 e. The van der Waals surface area contributed by atoms with Crippen LogP contribution in [0.2, 0.25) is 10.0 Å². The highest BCUT2D eigenvalue weighted by molar-refractivity contribution is 6.35. The predicted octanol–water partition coefficient (Wildman–Crippen LogP) is 0.625. The van der Waals surface area contributed by atoms with Crippen LogP contribution in [0, 0.1) is 0 Å². The first kappa shape index (κ1) is 25.9. The third kappa shape index (κ3) is 6.03. The molecule has 3 rings (SSSR count). The van der Waals surface area contributed by atoms with Crippen molar-refractivity contribution in [2.45, 2.75) is 39.3 Å². The van der Waals surface area contributed by atoms with E-state index in [1.54, 1.807) is 16.7 Å². The number of carbonyl (C=O) groups excluding carboxylic acids is 5. The van der Waals surface area contributed by atoms with E-state index >= 15 is 0 Å². The van der Waals surface area contributed by atoms with Crippen LogP contribution in [-0.4, -0.2) is 89.0 Å². The van der Waals surface area contributed by atoms with Crippen molar-refractivity contribution in [3.63, 3.8) is 0 Å². The number of benzene rings is 1. The van der Waals surface area contributed by atoms with E-state index in [-0.39, 0.29) is 49.0 Å². The van der Waals surface area contributed by atoms with E-state index in [0.717, 1.165) is 11.8 Å². The van der Waals surface area contributed by atoms with E-state index in [1.165, 1.54) is 18.2 Å². The van der Waals surface area contributed by atoms with E-state index in [9.17, 15) is 24.0 Å². The van der Waals surface area contributed by atoms with Gasteiger partial charge in [0.2, 0.25) is 23.6 Å². The Kier molecular flexibility index (Phi) is 8.13. The average molecular weight is 515 g/mol. The molecule has 2 fully saturated rings. The van der Waals surface area contributed by atoms with Crippen molar-refractivity contribution < 1.29 is 33.4 Å². The minimum atomic E-state index is -1.66. The van der Waals surface area contributed by atoms with Gasteiger partial charge in [0, 0.05) is 24.0 Å². The third-order valence-electron chi connectivity index (χ3n) is 5.64. The van der Waals surface area contributed by atoms with Crippen LogP contribution in [0.15, 0.2) is 18.2 Å². The van der Waals surface area contributed by atoms with Crippen molar-refractivity contribution in [3.05, 3.63) is 28.2 Å². The largest absolute Gasteiger partial charge is 0.435 e. The van der Waals surface area contributed by atoms with Crippen molar-refractivity contribution >= 4 is 52.8 Å². The minimum Gasteiger partial charge on any atom is -0.435 e. The average Bonchev–Trinajstić information content (AvgIpc) is 2.72. The van der Waals surface area contributed by atoms with Gasteiger partial charge in [-0.1, -0.05) is 23.2 Å². The molecule has 0 bridgehead atoms. The first-order valence-corrected chi connectivity index (χ1v) is 11.2. The zero-order valence-corrected chi connectivity index (χ0v) is 20.3. The van der Waals surface area contributed by atoms with E-state index < -0.39 is 36.0 Å². The predicted molar refractivity (Wildman–Crippen MR) is 120 cm³/mol. The summed E-state index contributed by atoms with van der Waals surface area (Å²) in [5.41, 5.74) is 0. The molecule has 1 aromatic carbocycles. The van der Waals surface area contributed by atoms with Crippen molar-refractivity contribution in [2.24, 2.45) is 0 Å². The second kappa shape index (κ2) is 10.7. The van der Waals surface area contributed by atoms with E-state index in [0.29, 0.717) is 5.02 Å². The number of amides is 4. The Morgan fingerprint density at radius 1 is 0.941 bits per heavy atom. The first-order chi connectivity index (χ1) is 16.0. The minimum absolute atomic E-state index is 0.0311. The third-order valence-corrected chi connectivity index (χ3v) is 6.17. The van der Waals surface area contributed by atoms with Crippen LogP contribution in [0.3, 0.4) is 0 Å². The number of hydrogen-bond donors (Lipinski definition) is 1. The first-order valence-electron chi connectivity index (χ1n) is 10.4. The van der Waals surface area contributed by atoms with Gasteiger partial charge < -0.3 is 9.47 Å². The Balaban J connectivity index is 1.74. The van der Waals surface area contributed by atoms with Gasteiger partial charge in [0.25, 0.3) is 0 Å². The van der Waals surface area contributed by atoms with Crippen LogP contribution in [0.25, 0.3) is 0 Å². The summed E-state index contributed by atoms with van der Waals surface area (Å²) in [6, 6.07) is 3.65. The lowest BCUT2D eigenvalue weighted by atomic mass is 10.1. The Morgan fingerprint density at radius 3 is 1.97 bits per heavy atom. The molecule has 11 nitrogen and oxygen atoms in total. The van der Waals surface area contributed by atoms with Crippen molar-refractivity contribution in [1.29, 1.82) is 0 Å². The molecule has 0 aromatic heterocycles. The molecule has 2 saturated heterocycles. The summed E-state index contributed by atoms with van der Waals surface area (Å²) < 4.78 is 10.7. The number of carbonyl (C=O) groups is 5. The van der Waals surface area contributed by atoms with E-state index in [4.69, 9.17) is 32.7 Å². The SMILES string of the molecule is CC(=O)OC(Oc1ccc(Cl)cc1Cl)N1C(=O)CN(C(C)C(C)N2CC(=O)NC(=O)C2)CC1=O. The maximum Gasteiger partial charge on any atom is 0.338 e. The molecule has 13 heteroatoms. The number of nitrogens with zero attached hydrogens (tertiary/aromatic N) is 3. The van der Waals surface area contributed by atoms with Crippen LogP contribution in [0.1, 0.15) is 20.8 Å². The number of ether oxygens (including phenoxy) is 2. The van der Waals surface area contributed by atoms with Crippen molar-refractivity contribution in [3.8, 4) is 5.75 Å². The quantitative estimate of drug-likeness (QED) is 0.316. The molecular weight excluding hydrogens is 491 g/mol. The summed E-state index contributed by atoms with van der Waals surface area (Å²) in [4.78, 5) is 65.1. The molecule has 34 heavy (non-hydrogen) atoms. The monoisotopic (exact) mass is 514 g/mol. The number of rotatable bonds is 7. The number of imide groups is 2. The molecule has 184 valence electrons. The number of nitrogens with one attached hydrogen (secondary N) is 1. The molecule has 1 aromatic rings. The Labute approximate surface area is 205 Å². The molecule has 4 amide bonds. The standard InChI is InChI=1S/C21H24Cl2N4O7/c1-11(25-7-17(29)24-18(30)8-25)12(2)26-9-19(31)27(20(32)10-26)21(33-13(3)28)34-16-5-4-14(22)6-15(16)23/h4-6,11-12,21H,7-10H2,1-3H3,(H,24,29,30). The van der Waals surface area contributed by atoms with Crippen LogP contribution in [0.4, 0.5) is 0 Å².